The van der Waals surface area contributed by atoms with Gasteiger partial charge in [-0.15, -0.1) is 0 Å². The van der Waals surface area contributed by atoms with E-state index >= 15 is 0 Å². The van der Waals surface area contributed by atoms with E-state index in [4.69, 9.17) is 9.47 Å². The molecule has 0 bridgehead atoms. The number of nitrogens with zero attached hydrogens (tertiary/aromatic N) is 2. The number of rotatable bonds is 7. The van der Waals surface area contributed by atoms with Crippen LogP contribution in [0.3, 0.4) is 0 Å². The van der Waals surface area contributed by atoms with Crippen LogP contribution in [0.1, 0.15) is 26.5 Å². The molecular formula is C19H29FN2O2Si. The van der Waals surface area contributed by atoms with Crippen molar-refractivity contribution in [2.75, 3.05) is 6.61 Å². The van der Waals surface area contributed by atoms with Gasteiger partial charge < -0.3 is 9.47 Å². The molecule has 0 atom stereocenters. The molecule has 2 aromatic rings. The van der Waals surface area contributed by atoms with Crippen molar-refractivity contribution in [2.45, 2.75) is 58.6 Å². The highest BCUT2D eigenvalue weighted by Gasteiger charge is 2.21. The Bertz CT molecular complexity index is 702. The normalized spacial score (nSPS) is 12.4. The molecule has 1 aromatic carbocycles. The molecule has 0 amide bonds. The number of aromatic nitrogens is 2. The van der Waals surface area contributed by atoms with Crippen LogP contribution >= 0.6 is 0 Å². The molecule has 4 nitrogen and oxygen atoms in total. The molecule has 6 heteroatoms. The summed E-state index contributed by atoms with van der Waals surface area (Å²) >= 11 is 0. The Morgan fingerprint density at radius 3 is 2.44 bits per heavy atom. The highest BCUT2D eigenvalue weighted by atomic mass is 28.3. The third-order valence-corrected chi connectivity index (χ3v) is 5.48. The first-order valence-electron chi connectivity index (χ1n) is 8.64. The summed E-state index contributed by atoms with van der Waals surface area (Å²) in [6.07, 6.45) is 1.92. The lowest BCUT2D eigenvalue weighted by Crippen LogP contribution is -2.22. The van der Waals surface area contributed by atoms with Gasteiger partial charge in [-0.1, -0.05) is 52.5 Å². The Balaban J connectivity index is 2.16. The van der Waals surface area contributed by atoms with E-state index < -0.39 is 13.9 Å². The highest BCUT2D eigenvalue weighted by Crippen LogP contribution is 2.28. The summed E-state index contributed by atoms with van der Waals surface area (Å²) in [7, 11) is -1.13. The van der Waals surface area contributed by atoms with Crippen molar-refractivity contribution in [2.24, 2.45) is 0 Å². The van der Waals surface area contributed by atoms with Gasteiger partial charge >= 0.3 is 6.01 Å². The van der Waals surface area contributed by atoms with Gasteiger partial charge in [-0.05, 0) is 18.2 Å². The lowest BCUT2D eigenvalue weighted by molar-refractivity contribution is 0.0819. The number of benzene rings is 1. The minimum absolute atomic E-state index is 0.128. The van der Waals surface area contributed by atoms with Crippen LogP contribution < -0.4 is 4.74 Å². The SMILES string of the molecule is CC(C)(C)c1cn(COCC[Si](C)(C)C)c(Oc2ccccc2F)n1. The number of hydrogen-bond acceptors (Lipinski definition) is 3. The van der Waals surface area contributed by atoms with E-state index in [-0.39, 0.29) is 11.2 Å². The largest absolute Gasteiger partial charge is 0.422 e. The first kappa shape index (κ1) is 19.7. The predicted octanol–water partition coefficient (Wildman–Crippen LogP) is 5.42. The maximum Gasteiger partial charge on any atom is 0.304 e. The zero-order chi connectivity index (χ0) is 18.7. The third kappa shape index (κ3) is 5.97. The minimum atomic E-state index is -1.13. The van der Waals surface area contributed by atoms with Crippen molar-refractivity contribution in [1.29, 1.82) is 0 Å². The first-order valence-corrected chi connectivity index (χ1v) is 12.3. The second-order valence-electron chi connectivity index (χ2n) is 8.51. The van der Waals surface area contributed by atoms with Crippen molar-refractivity contribution >= 4 is 8.07 Å². The van der Waals surface area contributed by atoms with Gasteiger partial charge in [0.2, 0.25) is 0 Å². The molecule has 138 valence electrons. The summed E-state index contributed by atoms with van der Waals surface area (Å²) in [4.78, 5) is 4.55. The van der Waals surface area contributed by atoms with Gasteiger partial charge in [0.1, 0.15) is 6.73 Å². The quantitative estimate of drug-likeness (QED) is 0.486. The van der Waals surface area contributed by atoms with E-state index in [9.17, 15) is 4.39 Å². The number of imidazole rings is 1. The van der Waals surface area contributed by atoms with Crippen LogP contribution in [0.15, 0.2) is 30.5 Å². The van der Waals surface area contributed by atoms with E-state index in [1.165, 1.54) is 6.07 Å². The lowest BCUT2D eigenvalue weighted by atomic mass is 9.93. The number of para-hydroxylation sites is 1. The average Bonchev–Trinajstić information content (AvgIpc) is 2.88. The summed E-state index contributed by atoms with van der Waals surface area (Å²) in [5.41, 5.74) is 0.754. The fourth-order valence-corrected chi connectivity index (χ4v) is 2.86. The molecular weight excluding hydrogens is 335 g/mol. The fraction of sp³-hybridized carbons (Fsp3) is 0.526. The molecule has 0 radical (unpaired) electrons. The van der Waals surface area contributed by atoms with Crippen molar-refractivity contribution < 1.29 is 13.9 Å². The van der Waals surface area contributed by atoms with Crippen LogP contribution in [0.5, 0.6) is 11.8 Å². The molecule has 1 heterocycles. The summed E-state index contributed by atoms with van der Waals surface area (Å²) in [5.74, 6) is -0.245. The van der Waals surface area contributed by atoms with Crippen molar-refractivity contribution in [3.05, 3.63) is 42.0 Å². The summed E-state index contributed by atoms with van der Waals surface area (Å²) < 4.78 is 27.2. The van der Waals surface area contributed by atoms with Crippen molar-refractivity contribution in [3.8, 4) is 11.8 Å². The molecule has 0 saturated carbocycles. The molecule has 0 aliphatic carbocycles. The molecule has 0 unspecified atom stereocenters. The van der Waals surface area contributed by atoms with Crippen molar-refractivity contribution in [3.63, 3.8) is 0 Å². The number of ether oxygens (including phenoxy) is 2. The average molecular weight is 365 g/mol. The third-order valence-electron chi connectivity index (χ3n) is 3.77. The van der Waals surface area contributed by atoms with E-state index in [1.54, 1.807) is 22.8 Å². The van der Waals surface area contributed by atoms with Crippen LogP contribution in [0, 0.1) is 5.82 Å². The molecule has 0 aliphatic rings. The van der Waals surface area contributed by atoms with Crippen LogP contribution in [0.25, 0.3) is 0 Å². The Kier molecular flexibility index (Phi) is 6.06. The highest BCUT2D eigenvalue weighted by molar-refractivity contribution is 6.76. The summed E-state index contributed by atoms with van der Waals surface area (Å²) in [6, 6.07) is 7.78. The van der Waals surface area contributed by atoms with E-state index in [2.05, 4.69) is 45.4 Å². The van der Waals surface area contributed by atoms with Crippen molar-refractivity contribution in [1.82, 2.24) is 9.55 Å². The minimum Gasteiger partial charge on any atom is -0.422 e. The summed E-state index contributed by atoms with van der Waals surface area (Å²) in [6.45, 7) is 14.2. The van der Waals surface area contributed by atoms with Gasteiger partial charge in [0.15, 0.2) is 11.6 Å². The van der Waals surface area contributed by atoms with Crippen LogP contribution in [0.2, 0.25) is 25.7 Å². The van der Waals surface area contributed by atoms with Gasteiger partial charge in [-0.3, -0.25) is 4.57 Å². The maximum absolute atomic E-state index is 13.9. The lowest BCUT2D eigenvalue weighted by Gasteiger charge is -2.16. The van der Waals surface area contributed by atoms with Gasteiger partial charge in [0.05, 0.1) is 5.69 Å². The summed E-state index contributed by atoms with van der Waals surface area (Å²) in [5, 5.41) is 0. The van der Waals surface area contributed by atoms with Gasteiger partial charge in [0, 0.05) is 26.3 Å². The molecule has 2 rings (SSSR count). The monoisotopic (exact) mass is 364 g/mol. The zero-order valence-electron chi connectivity index (χ0n) is 16.1. The maximum atomic E-state index is 13.9. The Hall–Kier alpha value is -1.66. The number of halogens is 1. The van der Waals surface area contributed by atoms with Gasteiger partial charge in [-0.2, -0.15) is 4.98 Å². The Morgan fingerprint density at radius 1 is 1.16 bits per heavy atom. The molecule has 0 N–H and O–H groups in total. The molecule has 1 aromatic heterocycles. The Morgan fingerprint density at radius 2 is 1.84 bits per heavy atom. The van der Waals surface area contributed by atoms with Crippen LogP contribution in [-0.2, 0) is 16.9 Å². The topological polar surface area (TPSA) is 36.3 Å². The smallest absolute Gasteiger partial charge is 0.304 e. The van der Waals surface area contributed by atoms with Crippen LogP contribution in [-0.4, -0.2) is 24.2 Å². The standard InChI is InChI=1S/C19H29FN2O2Si/c1-19(2,3)17-13-22(14-23-11-12-25(4,5)6)18(21-17)24-16-10-8-7-9-15(16)20/h7-10,13H,11-12,14H2,1-6H3. The van der Waals surface area contributed by atoms with E-state index in [0.717, 1.165) is 11.7 Å². The second kappa shape index (κ2) is 7.70. The molecule has 0 aliphatic heterocycles. The van der Waals surface area contributed by atoms with Gasteiger partial charge in [-0.25, -0.2) is 4.39 Å². The first-order chi connectivity index (χ1) is 11.6. The molecule has 0 saturated heterocycles. The van der Waals surface area contributed by atoms with E-state index in [0.29, 0.717) is 19.3 Å². The number of hydrogen-bond donors (Lipinski definition) is 0. The van der Waals surface area contributed by atoms with Gasteiger partial charge in [0.25, 0.3) is 0 Å². The molecule has 0 spiro atoms. The predicted molar refractivity (Wildman–Crippen MR) is 102 cm³/mol. The molecule has 25 heavy (non-hydrogen) atoms. The Labute approximate surface area is 151 Å². The van der Waals surface area contributed by atoms with E-state index in [1.807, 2.05) is 6.20 Å². The zero-order valence-corrected chi connectivity index (χ0v) is 17.1. The second-order valence-corrected chi connectivity index (χ2v) is 14.1. The molecule has 0 fully saturated rings. The van der Waals surface area contributed by atoms with Crippen LogP contribution in [0.4, 0.5) is 4.39 Å². The fourth-order valence-electron chi connectivity index (χ4n) is 2.10.